The molecule has 152 valence electrons. The molecule has 4 nitrogen and oxygen atoms in total. The predicted octanol–water partition coefficient (Wildman–Crippen LogP) is 4.38. The van der Waals surface area contributed by atoms with Crippen LogP contribution in [0.4, 0.5) is 0 Å². The van der Waals surface area contributed by atoms with E-state index in [0.717, 1.165) is 51.5 Å². The van der Waals surface area contributed by atoms with Crippen molar-refractivity contribution in [1.82, 2.24) is 15.5 Å². The maximum Gasteiger partial charge on any atom is 0.191 e. The van der Waals surface area contributed by atoms with Gasteiger partial charge in [-0.1, -0.05) is 37.3 Å². The van der Waals surface area contributed by atoms with Gasteiger partial charge in [-0.05, 0) is 38.8 Å². The molecule has 0 spiro atoms. The predicted molar refractivity (Wildman–Crippen MR) is 131 cm³/mol. The van der Waals surface area contributed by atoms with Crippen LogP contribution in [0.15, 0.2) is 52.4 Å². The number of benzene rings is 1. The summed E-state index contributed by atoms with van der Waals surface area (Å²) in [5, 5.41) is 7.47. The van der Waals surface area contributed by atoms with Crippen molar-refractivity contribution in [2.24, 2.45) is 4.99 Å². The summed E-state index contributed by atoms with van der Waals surface area (Å²) < 4.78 is 0. The second-order valence-electron chi connectivity index (χ2n) is 7.11. The summed E-state index contributed by atoms with van der Waals surface area (Å²) >= 11 is 1.88. The number of hydrogen-bond donors (Lipinski definition) is 2. The molecule has 1 aromatic carbocycles. The average molecular weight is 503 g/mol. The first kappa shape index (κ1) is 24.3. The van der Waals surface area contributed by atoms with Gasteiger partial charge in [-0.2, -0.15) is 0 Å². The Hall–Kier alpha value is -0.730. The van der Waals surface area contributed by atoms with Gasteiger partial charge in [-0.25, -0.2) is 0 Å². The van der Waals surface area contributed by atoms with Crippen molar-refractivity contribution in [2.75, 3.05) is 32.7 Å². The number of nitrogens with zero attached hydrogens (tertiary/aromatic N) is 2. The third-order valence-electron chi connectivity index (χ3n) is 4.35. The fourth-order valence-corrected chi connectivity index (χ4v) is 4.05. The van der Waals surface area contributed by atoms with E-state index in [1.54, 1.807) is 0 Å². The topological polar surface area (TPSA) is 39.7 Å². The van der Waals surface area contributed by atoms with Crippen molar-refractivity contribution >= 4 is 41.7 Å². The zero-order valence-corrected chi connectivity index (χ0v) is 20.1. The summed E-state index contributed by atoms with van der Waals surface area (Å²) in [7, 11) is 0. The van der Waals surface area contributed by atoms with Crippen LogP contribution in [0, 0.1) is 0 Å². The number of likely N-dealkylation sites (tertiary alicyclic amines) is 1. The zero-order valence-electron chi connectivity index (χ0n) is 16.9. The van der Waals surface area contributed by atoms with Crippen molar-refractivity contribution in [2.45, 2.75) is 49.8 Å². The van der Waals surface area contributed by atoms with E-state index in [-0.39, 0.29) is 24.0 Å². The highest BCUT2D eigenvalue weighted by Gasteiger charge is 2.19. The van der Waals surface area contributed by atoms with Crippen LogP contribution in [0.1, 0.15) is 33.6 Å². The van der Waals surface area contributed by atoms with E-state index in [1.807, 2.05) is 11.8 Å². The van der Waals surface area contributed by atoms with Crippen molar-refractivity contribution in [3.05, 3.63) is 42.5 Å². The first-order valence-electron chi connectivity index (χ1n) is 9.70. The number of guanidine groups is 1. The Kier molecular flexibility index (Phi) is 12.1. The van der Waals surface area contributed by atoms with Gasteiger partial charge < -0.3 is 10.6 Å². The molecule has 1 saturated heterocycles. The lowest BCUT2D eigenvalue weighted by Gasteiger charge is -2.33. The Morgan fingerprint density at radius 3 is 2.56 bits per heavy atom. The molecule has 27 heavy (non-hydrogen) atoms. The molecule has 1 unspecified atom stereocenters. The van der Waals surface area contributed by atoms with E-state index in [9.17, 15) is 0 Å². The molecule has 1 fully saturated rings. The Labute approximate surface area is 186 Å². The lowest BCUT2D eigenvalue weighted by Crippen LogP contribution is -2.49. The first-order valence-corrected chi connectivity index (χ1v) is 10.6. The molecular weight excluding hydrogens is 467 g/mol. The molecule has 6 heteroatoms. The van der Waals surface area contributed by atoms with Crippen LogP contribution in [-0.2, 0) is 0 Å². The first-order chi connectivity index (χ1) is 12.6. The highest BCUT2D eigenvalue weighted by molar-refractivity contribution is 14.0. The Balaban J connectivity index is 0.00000364. The van der Waals surface area contributed by atoms with Gasteiger partial charge in [0.1, 0.15) is 0 Å². The minimum Gasteiger partial charge on any atom is -0.357 e. The molecule has 1 aliphatic heterocycles. The molecule has 1 aromatic rings. The van der Waals surface area contributed by atoms with Gasteiger partial charge in [0.15, 0.2) is 5.96 Å². The Morgan fingerprint density at radius 1 is 1.30 bits per heavy atom. The van der Waals surface area contributed by atoms with Crippen LogP contribution < -0.4 is 10.6 Å². The molecule has 2 N–H and O–H groups in total. The largest absolute Gasteiger partial charge is 0.357 e. The maximum absolute atomic E-state index is 4.82. The molecule has 0 radical (unpaired) electrons. The lowest BCUT2D eigenvalue weighted by molar-refractivity contribution is 0.221. The van der Waals surface area contributed by atoms with Gasteiger partial charge in [-0.15, -0.1) is 35.7 Å². The second kappa shape index (κ2) is 13.4. The maximum atomic E-state index is 4.82. The molecule has 1 atom stereocenters. The molecule has 0 aliphatic carbocycles. The third-order valence-corrected chi connectivity index (χ3v) is 5.45. The van der Waals surface area contributed by atoms with Crippen LogP contribution in [0.2, 0.25) is 0 Å². The fraction of sp³-hybridized carbons (Fsp3) is 0.571. The van der Waals surface area contributed by atoms with Crippen molar-refractivity contribution in [3.63, 3.8) is 0 Å². The second-order valence-corrected chi connectivity index (χ2v) is 8.62. The standard InChI is InChI=1S/C21H34N4S.HI/c1-5-22-21(23-15-18(4)26-20-9-7-6-8-10-20)24-19-11-13-25(14-12-19)16-17(2)3;/h6-10,18-19H,2,5,11-16H2,1,3-4H3,(H2,22,23,24);1H. The van der Waals surface area contributed by atoms with Gasteiger partial charge in [-0.3, -0.25) is 9.89 Å². The van der Waals surface area contributed by atoms with E-state index in [0.29, 0.717) is 11.3 Å². The summed E-state index contributed by atoms with van der Waals surface area (Å²) in [4.78, 5) is 8.61. The Morgan fingerprint density at radius 2 is 1.96 bits per heavy atom. The fourth-order valence-electron chi connectivity index (χ4n) is 3.12. The smallest absolute Gasteiger partial charge is 0.191 e. The van der Waals surface area contributed by atoms with E-state index in [4.69, 9.17) is 4.99 Å². The van der Waals surface area contributed by atoms with Crippen LogP contribution >= 0.6 is 35.7 Å². The molecule has 1 aliphatic rings. The number of piperidine rings is 1. The average Bonchev–Trinajstić information content (AvgIpc) is 2.62. The summed E-state index contributed by atoms with van der Waals surface area (Å²) in [6.45, 7) is 15.5. The molecule has 0 bridgehead atoms. The van der Waals surface area contributed by atoms with Gasteiger partial charge >= 0.3 is 0 Å². The van der Waals surface area contributed by atoms with Crippen molar-refractivity contribution in [1.29, 1.82) is 0 Å². The highest BCUT2D eigenvalue weighted by Crippen LogP contribution is 2.22. The number of aliphatic imine (C=N–C) groups is 1. The Bertz CT molecular complexity index is 571. The number of rotatable bonds is 8. The minimum absolute atomic E-state index is 0. The molecule has 0 saturated carbocycles. The monoisotopic (exact) mass is 502 g/mol. The van der Waals surface area contributed by atoms with E-state index in [1.165, 1.54) is 10.5 Å². The summed E-state index contributed by atoms with van der Waals surface area (Å²) in [6, 6.07) is 11.1. The van der Waals surface area contributed by atoms with Gasteiger partial charge in [0.25, 0.3) is 0 Å². The van der Waals surface area contributed by atoms with Gasteiger partial charge in [0.05, 0.1) is 6.54 Å². The van der Waals surface area contributed by atoms with Crippen LogP contribution in [0.5, 0.6) is 0 Å². The van der Waals surface area contributed by atoms with Crippen LogP contribution in [-0.4, -0.2) is 54.9 Å². The van der Waals surface area contributed by atoms with E-state index < -0.39 is 0 Å². The quantitative estimate of drug-likeness (QED) is 0.182. The summed E-state index contributed by atoms with van der Waals surface area (Å²) in [5.74, 6) is 0.950. The van der Waals surface area contributed by atoms with Gasteiger partial charge in [0, 0.05) is 42.4 Å². The van der Waals surface area contributed by atoms with Crippen molar-refractivity contribution in [3.8, 4) is 0 Å². The normalized spacial score (nSPS) is 17.1. The summed E-state index contributed by atoms with van der Waals surface area (Å²) in [5.41, 5.74) is 1.25. The van der Waals surface area contributed by atoms with Gasteiger partial charge in [0.2, 0.25) is 0 Å². The zero-order chi connectivity index (χ0) is 18.8. The van der Waals surface area contributed by atoms with Crippen molar-refractivity contribution < 1.29 is 0 Å². The molecule has 0 aromatic heterocycles. The molecular formula is C21H35IN4S. The summed E-state index contributed by atoms with van der Waals surface area (Å²) in [6.07, 6.45) is 2.32. The number of hydrogen-bond acceptors (Lipinski definition) is 3. The SMILES string of the molecule is C=C(C)CN1CCC(NC(=NCC(C)Sc2ccccc2)NCC)CC1.I. The van der Waals surface area contributed by atoms with E-state index >= 15 is 0 Å². The highest BCUT2D eigenvalue weighted by atomic mass is 127. The van der Waals surface area contributed by atoms with E-state index in [2.05, 4.69) is 73.2 Å². The van der Waals surface area contributed by atoms with Crippen LogP contribution in [0.3, 0.4) is 0 Å². The molecule has 0 amide bonds. The molecule has 2 rings (SSSR count). The van der Waals surface area contributed by atoms with Crippen LogP contribution in [0.25, 0.3) is 0 Å². The molecule has 1 heterocycles. The number of nitrogens with one attached hydrogen (secondary N) is 2. The number of thioether (sulfide) groups is 1. The third kappa shape index (κ3) is 9.85. The number of halogens is 1. The minimum atomic E-state index is 0. The lowest BCUT2D eigenvalue weighted by atomic mass is 10.0.